The molecule has 1 unspecified atom stereocenters. The second-order valence-corrected chi connectivity index (χ2v) is 6.22. The van der Waals surface area contributed by atoms with E-state index in [1.54, 1.807) is 32.2 Å². The Balaban J connectivity index is 1.45. The molecule has 0 bridgehead atoms. The lowest BCUT2D eigenvalue weighted by Gasteiger charge is -2.18. The van der Waals surface area contributed by atoms with Crippen molar-refractivity contribution in [2.45, 2.75) is 13.0 Å². The van der Waals surface area contributed by atoms with Crippen LogP contribution in [0.1, 0.15) is 24.5 Å². The predicted octanol–water partition coefficient (Wildman–Crippen LogP) is 3.83. The third-order valence-electron chi connectivity index (χ3n) is 4.30. The summed E-state index contributed by atoms with van der Waals surface area (Å²) in [6.45, 7) is 1.84. The topological polar surface area (TPSA) is 83.7 Å². The maximum Gasteiger partial charge on any atom is 0.338 e. The van der Waals surface area contributed by atoms with E-state index in [-0.39, 0.29) is 12.5 Å². The van der Waals surface area contributed by atoms with Gasteiger partial charge in [-0.15, -0.1) is 10.2 Å². The van der Waals surface area contributed by atoms with Crippen LogP contribution in [0, 0.1) is 0 Å². The maximum atomic E-state index is 12.5. The minimum absolute atomic E-state index is 0.156. The molecule has 0 radical (unpaired) electrons. The number of esters is 1. The standard InChI is InChI=1S/C21H18N2O5/c1-13(19-22-23-20(28-19)14-7-9-17(25-2)10-8-14)27-21(24)16-11-15-5-3-4-6-18(15)26-12-16/h3-11,13H,12H2,1-2H3. The number of nitrogens with zero attached hydrogens (tertiary/aromatic N) is 2. The number of rotatable bonds is 5. The Morgan fingerprint density at radius 1 is 1.11 bits per heavy atom. The minimum atomic E-state index is -0.690. The van der Waals surface area contributed by atoms with Crippen molar-refractivity contribution in [3.8, 4) is 23.0 Å². The molecular formula is C21H18N2O5. The predicted molar refractivity (Wildman–Crippen MR) is 101 cm³/mol. The van der Waals surface area contributed by atoms with Crippen LogP contribution >= 0.6 is 0 Å². The Kier molecular flexibility index (Phi) is 4.80. The molecule has 0 N–H and O–H groups in total. The molecule has 7 nitrogen and oxygen atoms in total. The SMILES string of the molecule is COc1ccc(-c2nnc(C(C)OC(=O)C3=Cc4ccccc4OC3)o2)cc1. The zero-order valence-corrected chi connectivity index (χ0v) is 15.4. The molecule has 7 heteroatoms. The maximum absolute atomic E-state index is 12.5. The second-order valence-electron chi connectivity index (χ2n) is 6.22. The van der Waals surface area contributed by atoms with Crippen molar-refractivity contribution < 1.29 is 23.4 Å². The number of para-hydroxylation sites is 1. The largest absolute Gasteiger partial charge is 0.497 e. The molecule has 4 rings (SSSR count). The van der Waals surface area contributed by atoms with Crippen LogP contribution in [0.5, 0.6) is 11.5 Å². The van der Waals surface area contributed by atoms with Crippen LogP contribution in [0.2, 0.25) is 0 Å². The first-order chi connectivity index (χ1) is 13.6. The Labute approximate surface area is 161 Å². The summed E-state index contributed by atoms with van der Waals surface area (Å²) >= 11 is 0. The van der Waals surface area contributed by atoms with Crippen LogP contribution < -0.4 is 9.47 Å². The Hall–Kier alpha value is -3.61. The van der Waals surface area contributed by atoms with Crippen molar-refractivity contribution in [1.29, 1.82) is 0 Å². The van der Waals surface area contributed by atoms with Crippen molar-refractivity contribution in [2.24, 2.45) is 0 Å². The normalized spacial score (nSPS) is 13.7. The van der Waals surface area contributed by atoms with E-state index < -0.39 is 12.1 Å². The fraction of sp³-hybridized carbons (Fsp3) is 0.190. The summed E-state index contributed by atoms with van der Waals surface area (Å²) in [5.41, 5.74) is 2.02. The van der Waals surface area contributed by atoms with Gasteiger partial charge in [-0.05, 0) is 43.3 Å². The summed E-state index contributed by atoms with van der Waals surface area (Å²) in [4.78, 5) is 12.5. The first-order valence-electron chi connectivity index (χ1n) is 8.75. The highest BCUT2D eigenvalue weighted by Gasteiger charge is 2.23. The summed E-state index contributed by atoms with van der Waals surface area (Å²) in [5.74, 6) is 1.56. The fourth-order valence-electron chi connectivity index (χ4n) is 2.77. The van der Waals surface area contributed by atoms with Gasteiger partial charge in [-0.25, -0.2) is 4.79 Å². The monoisotopic (exact) mass is 378 g/mol. The van der Waals surface area contributed by atoms with Gasteiger partial charge in [-0.2, -0.15) is 0 Å². The fourth-order valence-corrected chi connectivity index (χ4v) is 2.77. The lowest BCUT2D eigenvalue weighted by Crippen LogP contribution is -2.18. The van der Waals surface area contributed by atoms with Crippen molar-refractivity contribution in [3.63, 3.8) is 0 Å². The smallest absolute Gasteiger partial charge is 0.338 e. The average molecular weight is 378 g/mol. The summed E-state index contributed by atoms with van der Waals surface area (Å²) in [7, 11) is 1.60. The van der Waals surface area contributed by atoms with Gasteiger partial charge in [-0.1, -0.05) is 18.2 Å². The van der Waals surface area contributed by atoms with Gasteiger partial charge in [0, 0.05) is 11.1 Å². The first-order valence-corrected chi connectivity index (χ1v) is 8.75. The zero-order chi connectivity index (χ0) is 19.5. The van der Waals surface area contributed by atoms with Crippen LogP contribution in [-0.2, 0) is 9.53 Å². The highest BCUT2D eigenvalue weighted by Crippen LogP contribution is 2.28. The van der Waals surface area contributed by atoms with E-state index in [0.717, 1.165) is 22.6 Å². The number of hydrogen-bond acceptors (Lipinski definition) is 7. The van der Waals surface area contributed by atoms with E-state index in [4.69, 9.17) is 18.6 Å². The molecule has 1 atom stereocenters. The average Bonchev–Trinajstić information content (AvgIpc) is 3.24. The number of hydrogen-bond donors (Lipinski definition) is 0. The molecule has 2 heterocycles. The van der Waals surface area contributed by atoms with Crippen molar-refractivity contribution in [3.05, 3.63) is 65.6 Å². The highest BCUT2D eigenvalue weighted by atomic mass is 16.6. The molecule has 0 fully saturated rings. The summed E-state index contributed by atoms with van der Waals surface area (Å²) in [6.07, 6.45) is 1.08. The molecular weight excluding hydrogens is 360 g/mol. The summed E-state index contributed by atoms with van der Waals surface area (Å²) in [5, 5.41) is 8.02. The molecule has 3 aromatic rings. The van der Waals surface area contributed by atoms with Gasteiger partial charge < -0.3 is 18.6 Å². The molecule has 1 aromatic heterocycles. The third kappa shape index (κ3) is 3.59. The second kappa shape index (κ2) is 7.56. The summed E-state index contributed by atoms with van der Waals surface area (Å²) in [6, 6.07) is 14.7. The van der Waals surface area contributed by atoms with Gasteiger partial charge in [0.15, 0.2) is 6.10 Å². The number of aromatic nitrogens is 2. The van der Waals surface area contributed by atoms with Gasteiger partial charge in [0.1, 0.15) is 18.1 Å². The molecule has 142 valence electrons. The number of fused-ring (bicyclic) bond motifs is 1. The molecule has 0 aliphatic carbocycles. The van der Waals surface area contributed by atoms with Crippen molar-refractivity contribution in [1.82, 2.24) is 10.2 Å². The number of carbonyl (C=O) groups excluding carboxylic acids is 1. The minimum Gasteiger partial charge on any atom is -0.497 e. The summed E-state index contributed by atoms with van der Waals surface area (Å²) < 4.78 is 21.9. The van der Waals surface area contributed by atoms with Gasteiger partial charge in [0.05, 0.1) is 12.7 Å². The molecule has 0 saturated carbocycles. The molecule has 0 spiro atoms. The Morgan fingerprint density at radius 2 is 1.89 bits per heavy atom. The third-order valence-corrected chi connectivity index (χ3v) is 4.30. The van der Waals surface area contributed by atoms with E-state index >= 15 is 0 Å². The van der Waals surface area contributed by atoms with E-state index in [2.05, 4.69) is 10.2 Å². The van der Waals surface area contributed by atoms with Crippen LogP contribution in [0.4, 0.5) is 0 Å². The van der Waals surface area contributed by atoms with E-state index in [1.165, 1.54) is 0 Å². The Morgan fingerprint density at radius 3 is 2.68 bits per heavy atom. The molecule has 0 saturated heterocycles. The zero-order valence-electron chi connectivity index (χ0n) is 15.4. The van der Waals surface area contributed by atoms with E-state index in [1.807, 2.05) is 36.4 Å². The van der Waals surface area contributed by atoms with E-state index in [0.29, 0.717) is 11.5 Å². The number of carbonyl (C=O) groups is 1. The van der Waals surface area contributed by atoms with Crippen molar-refractivity contribution >= 4 is 12.0 Å². The first kappa shape index (κ1) is 17.8. The molecule has 2 aromatic carbocycles. The molecule has 1 aliphatic heterocycles. The lowest BCUT2D eigenvalue weighted by atomic mass is 10.1. The van der Waals surface area contributed by atoms with Gasteiger partial charge >= 0.3 is 5.97 Å². The van der Waals surface area contributed by atoms with Crippen LogP contribution in [0.25, 0.3) is 17.5 Å². The number of methoxy groups -OCH3 is 1. The molecule has 1 aliphatic rings. The Bertz CT molecular complexity index is 1020. The van der Waals surface area contributed by atoms with E-state index in [9.17, 15) is 4.79 Å². The quantitative estimate of drug-likeness (QED) is 0.624. The lowest BCUT2D eigenvalue weighted by molar-refractivity contribution is -0.145. The van der Waals surface area contributed by atoms with Crippen LogP contribution in [0.15, 0.2) is 58.5 Å². The molecule has 28 heavy (non-hydrogen) atoms. The highest BCUT2D eigenvalue weighted by molar-refractivity contribution is 5.95. The van der Waals surface area contributed by atoms with Gasteiger partial charge in [-0.3, -0.25) is 0 Å². The van der Waals surface area contributed by atoms with Crippen LogP contribution in [-0.4, -0.2) is 29.9 Å². The van der Waals surface area contributed by atoms with Gasteiger partial charge in [0.25, 0.3) is 5.89 Å². The van der Waals surface area contributed by atoms with Crippen molar-refractivity contribution in [2.75, 3.05) is 13.7 Å². The number of benzene rings is 2. The van der Waals surface area contributed by atoms with Crippen LogP contribution in [0.3, 0.4) is 0 Å². The number of ether oxygens (including phenoxy) is 3. The molecule has 0 amide bonds. The van der Waals surface area contributed by atoms with Gasteiger partial charge in [0.2, 0.25) is 5.89 Å².